The lowest BCUT2D eigenvalue weighted by Gasteiger charge is -2.51. The molecule has 4 heteroatoms. The highest BCUT2D eigenvalue weighted by molar-refractivity contribution is 5.89. The molecule has 140 valence electrons. The molecule has 0 aliphatic heterocycles. The molecule has 3 saturated carbocycles. The lowest BCUT2D eigenvalue weighted by atomic mass is 9.55. The molecule has 0 radical (unpaired) electrons. The topological polar surface area (TPSA) is 60.4 Å². The van der Waals surface area contributed by atoms with E-state index in [1.54, 1.807) is 6.92 Å². The van der Waals surface area contributed by atoms with Crippen LogP contribution in [0.15, 0.2) is 22.8 Å². The molecule has 3 fully saturated rings. The number of fused-ring (bicyclic) bond motifs is 4. The summed E-state index contributed by atoms with van der Waals surface area (Å²) in [7, 11) is 0. The van der Waals surface area contributed by atoms with Crippen molar-refractivity contribution in [2.45, 2.75) is 77.7 Å². The number of ether oxygens (including phenoxy) is 1. The predicted octanol–water partition coefficient (Wildman–Crippen LogP) is 4.08. The van der Waals surface area contributed by atoms with Crippen LogP contribution in [0.1, 0.15) is 72.1 Å². The summed E-state index contributed by atoms with van der Waals surface area (Å²) in [4.78, 5) is 36.3. The van der Waals surface area contributed by atoms with Crippen molar-refractivity contribution >= 4 is 17.5 Å². The molecule has 4 atom stereocenters. The first-order chi connectivity index (χ1) is 12.3. The quantitative estimate of drug-likeness (QED) is 0.700. The zero-order valence-corrected chi connectivity index (χ0v) is 16.0. The fraction of sp³-hybridized carbons (Fsp3) is 0.682. The largest absolute Gasteiger partial charge is 0.451 e. The Morgan fingerprint density at radius 3 is 2.62 bits per heavy atom. The van der Waals surface area contributed by atoms with Crippen molar-refractivity contribution in [3.8, 4) is 0 Å². The van der Waals surface area contributed by atoms with Crippen LogP contribution in [-0.4, -0.2) is 23.1 Å². The number of hydrogen-bond acceptors (Lipinski definition) is 4. The maximum atomic E-state index is 12.6. The normalized spacial score (nSPS) is 38.9. The van der Waals surface area contributed by atoms with Crippen molar-refractivity contribution < 1.29 is 19.1 Å². The van der Waals surface area contributed by atoms with Gasteiger partial charge in [0.25, 0.3) is 0 Å². The van der Waals surface area contributed by atoms with Crippen molar-refractivity contribution in [3.05, 3.63) is 22.8 Å². The molecule has 0 spiro atoms. The van der Waals surface area contributed by atoms with Crippen molar-refractivity contribution in [3.63, 3.8) is 0 Å². The van der Waals surface area contributed by atoms with E-state index in [2.05, 4.69) is 13.0 Å². The Morgan fingerprint density at radius 2 is 1.92 bits per heavy atom. The molecule has 4 aliphatic carbocycles. The average molecular weight is 356 g/mol. The third-order valence-corrected chi connectivity index (χ3v) is 7.72. The van der Waals surface area contributed by atoms with E-state index < -0.39 is 5.60 Å². The first kappa shape index (κ1) is 17.7. The molecule has 4 nitrogen and oxygen atoms in total. The van der Waals surface area contributed by atoms with Crippen LogP contribution in [0.5, 0.6) is 0 Å². The van der Waals surface area contributed by atoms with Crippen LogP contribution in [0, 0.1) is 17.3 Å². The van der Waals surface area contributed by atoms with E-state index in [4.69, 9.17) is 4.74 Å². The first-order valence-corrected chi connectivity index (χ1v) is 9.92. The number of esters is 1. The number of allylic oxidation sites excluding steroid dienone is 4. The molecule has 26 heavy (non-hydrogen) atoms. The molecule has 4 aliphatic rings. The summed E-state index contributed by atoms with van der Waals surface area (Å²) < 4.78 is 5.77. The minimum atomic E-state index is -0.966. The van der Waals surface area contributed by atoms with Crippen LogP contribution >= 0.6 is 0 Å². The number of rotatable bonds is 2. The van der Waals surface area contributed by atoms with Crippen LogP contribution in [0.2, 0.25) is 0 Å². The molecule has 0 aromatic carbocycles. The number of ketones is 2. The lowest BCUT2D eigenvalue weighted by molar-refractivity contribution is -0.181. The smallest absolute Gasteiger partial charge is 0.303 e. The SMILES string of the molecule is CC(=O)O[C@]1(C(C)=O)CCC2C3CC=C4CC(=O)CCC4=C3CC[C@@]21C. The summed E-state index contributed by atoms with van der Waals surface area (Å²) in [6, 6.07) is 0. The Kier molecular flexibility index (Phi) is 4.01. The Labute approximate surface area is 155 Å². The van der Waals surface area contributed by atoms with E-state index >= 15 is 0 Å². The van der Waals surface area contributed by atoms with E-state index in [-0.39, 0.29) is 17.2 Å². The van der Waals surface area contributed by atoms with Crippen molar-refractivity contribution in [1.29, 1.82) is 0 Å². The van der Waals surface area contributed by atoms with Gasteiger partial charge in [0, 0.05) is 25.2 Å². The monoisotopic (exact) mass is 356 g/mol. The third-order valence-electron chi connectivity index (χ3n) is 7.72. The second-order valence-corrected chi connectivity index (χ2v) is 8.83. The van der Waals surface area contributed by atoms with E-state index in [1.807, 2.05) is 0 Å². The third kappa shape index (κ3) is 2.30. The number of hydrogen-bond donors (Lipinski definition) is 0. The maximum absolute atomic E-state index is 12.6. The van der Waals surface area contributed by atoms with E-state index in [0.717, 1.165) is 32.1 Å². The van der Waals surface area contributed by atoms with Crippen LogP contribution < -0.4 is 0 Å². The predicted molar refractivity (Wildman–Crippen MR) is 97.3 cm³/mol. The molecular weight excluding hydrogens is 328 g/mol. The Bertz CT molecular complexity index is 758. The van der Waals surface area contributed by atoms with Gasteiger partial charge in [-0.05, 0) is 68.4 Å². The molecule has 4 rings (SSSR count). The number of carbonyl (C=O) groups is 3. The van der Waals surface area contributed by atoms with Crippen LogP contribution in [0.3, 0.4) is 0 Å². The molecule has 2 unspecified atom stereocenters. The number of Topliss-reactive ketones (excluding diaryl/α,β-unsaturated/α-hetero) is 2. The van der Waals surface area contributed by atoms with Gasteiger partial charge in [-0.1, -0.05) is 18.6 Å². The highest BCUT2D eigenvalue weighted by atomic mass is 16.6. The second-order valence-electron chi connectivity index (χ2n) is 8.83. The zero-order valence-electron chi connectivity index (χ0n) is 16.0. The summed E-state index contributed by atoms with van der Waals surface area (Å²) in [5, 5.41) is 0. The van der Waals surface area contributed by atoms with Crippen molar-refractivity contribution in [2.75, 3.05) is 0 Å². The van der Waals surface area contributed by atoms with Gasteiger partial charge in [0.15, 0.2) is 11.4 Å². The molecule has 0 bridgehead atoms. The Balaban J connectivity index is 1.71. The van der Waals surface area contributed by atoms with Gasteiger partial charge in [-0.25, -0.2) is 0 Å². The minimum Gasteiger partial charge on any atom is -0.451 e. The molecule has 0 saturated heterocycles. The zero-order chi connectivity index (χ0) is 18.7. The van der Waals surface area contributed by atoms with Crippen molar-refractivity contribution in [2.24, 2.45) is 17.3 Å². The lowest BCUT2D eigenvalue weighted by Crippen LogP contribution is -2.55. The summed E-state index contributed by atoms with van der Waals surface area (Å²) in [5.41, 5.74) is 2.95. The fourth-order valence-corrected chi connectivity index (χ4v) is 6.53. The second kappa shape index (κ2) is 5.90. The highest BCUT2D eigenvalue weighted by Gasteiger charge is 2.65. The average Bonchev–Trinajstić information content (AvgIpc) is 2.87. The molecular formula is C22H28O4. The first-order valence-electron chi connectivity index (χ1n) is 9.92. The minimum absolute atomic E-state index is 0.0101. The molecule has 0 aromatic heterocycles. The van der Waals surface area contributed by atoms with Gasteiger partial charge in [-0.2, -0.15) is 0 Å². The van der Waals surface area contributed by atoms with E-state index in [0.29, 0.717) is 36.9 Å². The molecule has 0 amide bonds. The van der Waals surface area contributed by atoms with Crippen LogP contribution in [-0.2, 0) is 19.1 Å². The van der Waals surface area contributed by atoms with E-state index in [9.17, 15) is 14.4 Å². The van der Waals surface area contributed by atoms with Gasteiger partial charge in [-0.3, -0.25) is 14.4 Å². The summed E-state index contributed by atoms with van der Waals surface area (Å²) in [6.07, 6.45) is 8.75. The van der Waals surface area contributed by atoms with Gasteiger partial charge < -0.3 is 4.74 Å². The van der Waals surface area contributed by atoms with Gasteiger partial charge in [0.2, 0.25) is 0 Å². The fourth-order valence-electron chi connectivity index (χ4n) is 6.53. The van der Waals surface area contributed by atoms with Gasteiger partial charge in [-0.15, -0.1) is 0 Å². The molecule has 0 heterocycles. The van der Waals surface area contributed by atoms with Gasteiger partial charge in [0.05, 0.1) is 0 Å². The molecule has 0 aromatic rings. The standard InChI is InChI=1S/C22H28O4/c1-13(23)22(26-14(2)24)11-9-20-19-6-4-15-12-16(25)5-7-17(15)18(19)8-10-21(20,22)3/h4,19-20H,5-12H2,1-3H3/t19?,20?,21-,22-/m0/s1. The van der Waals surface area contributed by atoms with Gasteiger partial charge in [0.1, 0.15) is 5.78 Å². The molecule has 0 N–H and O–H groups in total. The summed E-state index contributed by atoms with van der Waals surface area (Å²) in [6.45, 7) is 5.16. The van der Waals surface area contributed by atoms with Gasteiger partial charge >= 0.3 is 5.97 Å². The summed E-state index contributed by atoms with van der Waals surface area (Å²) >= 11 is 0. The van der Waals surface area contributed by atoms with Crippen LogP contribution in [0.4, 0.5) is 0 Å². The van der Waals surface area contributed by atoms with Crippen LogP contribution in [0.25, 0.3) is 0 Å². The number of carbonyl (C=O) groups excluding carboxylic acids is 3. The Morgan fingerprint density at radius 1 is 1.15 bits per heavy atom. The highest BCUT2D eigenvalue weighted by Crippen LogP contribution is 2.64. The van der Waals surface area contributed by atoms with Crippen molar-refractivity contribution in [1.82, 2.24) is 0 Å². The summed E-state index contributed by atoms with van der Waals surface area (Å²) in [5.74, 6) is 0.771. The maximum Gasteiger partial charge on any atom is 0.303 e. The Hall–Kier alpha value is -1.71. The van der Waals surface area contributed by atoms with E-state index in [1.165, 1.54) is 23.6 Å².